The Morgan fingerprint density at radius 2 is 2.19 bits per heavy atom. The van der Waals surface area contributed by atoms with E-state index in [2.05, 4.69) is 20.8 Å². The zero-order valence-electron chi connectivity index (χ0n) is 17.8. The maximum absolute atomic E-state index is 12.9. The Kier molecular flexibility index (Phi) is 7.55. The minimum atomic E-state index is -0.671. The van der Waals surface area contributed by atoms with E-state index in [1.54, 1.807) is 11.1 Å². The van der Waals surface area contributed by atoms with Crippen molar-refractivity contribution in [1.82, 2.24) is 15.2 Å². The van der Waals surface area contributed by atoms with Crippen LogP contribution < -0.4 is 10.6 Å². The number of allylic oxidation sites excluding steroid dienone is 1. The number of thioether (sulfide) groups is 1. The molecule has 2 N–H and O–H groups in total. The van der Waals surface area contributed by atoms with Crippen molar-refractivity contribution in [3.63, 3.8) is 0 Å². The fourth-order valence-corrected chi connectivity index (χ4v) is 5.39. The minimum absolute atomic E-state index is 0.0689. The molecule has 2 amide bonds. The molecule has 0 aromatic carbocycles. The quantitative estimate of drug-likeness (QED) is 0.243. The maximum atomic E-state index is 12.9. The van der Waals surface area contributed by atoms with Gasteiger partial charge < -0.3 is 20.2 Å². The number of hydrogen-bond acceptors (Lipinski definition) is 10. The van der Waals surface area contributed by atoms with Crippen LogP contribution in [0.5, 0.6) is 0 Å². The molecule has 168 valence electrons. The van der Waals surface area contributed by atoms with Crippen LogP contribution in [0.2, 0.25) is 0 Å². The van der Waals surface area contributed by atoms with E-state index in [1.165, 1.54) is 37.1 Å². The molecule has 0 spiro atoms. The number of rotatable bonds is 9. The van der Waals surface area contributed by atoms with Gasteiger partial charge in [-0.15, -0.1) is 11.8 Å². The molecule has 1 fully saturated rings. The van der Waals surface area contributed by atoms with E-state index in [0.717, 1.165) is 24.2 Å². The Morgan fingerprint density at radius 1 is 1.42 bits per heavy atom. The monoisotopic (exact) mass is 467 g/mol. The summed E-state index contributed by atoms with van der Waals surface area (Å²) >= 11 is 2.81. The number of nitrogens with zero attached hydrogens (tertiary/aromatic N) is 3. The number of amides is 2. The number of hydrogen-bond donors (Lipinski definition) is 2. The molecule has 2 aliphatic heterocycles. The van der Waals surface area contributed by atoms with Crippen LogP contribution in [0, 0.1) is 0 Å². The van der Waals surface area contributed by atoms with Crippen LogP contribution in [0.1, 0.15) is 32.1 Å². The second-order valence-corrected chi connectivity index (χ2v) is 9.04. The lowest BCUT2D eigenvalue weighted by Crippen LogP contribution is -2.70. The van der Waals surface area contributed by atoms with Crippen molar-refractivity contribution >= 4 is 51.7 Å². The highest BCUT2D eigenvalue weighted by Gasteiger charge is 2.52. The molecule has 0 bridgehead atoms. The van der Waals surface area contributed by atoms with Gasteiger partial charge in [0.2, 0.25) is 0 Å². The first kappa shape index (κ1) is 23.1. The van der Waals surface area contributed by atoms with Crippen LogP contribution >= 0.6 is 23.1 Å². The molecular formula is C19H25N5O5S2. The van der Waals surface area contributed by atoms with Gasteiger partial charge in [0.1, 0.15) is 25.1 Å². The topological polar surface area (TPSA) is 122 Å². The van der Waals surface area contributed by atoms with Gasteiger partial charge in [-0.05, 0) is 18.9 Å². The molecule has 2 aliphatic rings. The Hall–Kier alpha value is -2.60. The molecule has 0 radical (unpaired) electrons. The first-order valence-corrected chi connectivity index (χ1v) is 11.6. The standard InChI is InChI=1S/C19H25N5O5S2/c1-5-6-20-19-21-7-13(31-19)14(23-28-4)16(26)22-15-17(27)24-10(2)12(8-29-11(3)25)9-30-18(15)24/h7,15,18H,5-6,8-9H2,1-4H3,(H,20,21)(H,22,26)/b23-14+. The van der Waals surface area contributed by atoms with Crippen molar-refractivity contribution in [2.45, 2.75) is 38.6 Å². The normalized spacial score (nSPS) is 20.7. The SMILES string of the molecule is CCCNc1ncc(/C(=N\OC)C(=O)NC2C(=O)N3C(C)=C(COC(C)=O)CSC23)s1. The summed E-state index contributed by atoms with van der Waals surface area (Å²) in [5.41, 5.74) is 1.72. The second kappa shape index (κ2) is 10.1. The number of esters is 1. The van der Waals surface area contributed by atoms with Crippen LogP contribution in [0.4, 0.5) is 5.13 Å². The van der Waals surface area contributed by atoms with Crippen LogP contribution in [-0.2, 0) is 24.0 Å². The lowest BCUT2D eigenvalue weighted by atomic mass is 10.0. The van der Waals surface area contributed by atoms with Crippen LogP contribution in [0.3, 0.4) is 0 Å². The zero-order chi connectivity index (χ0) is 22.5. The van der Waals surface area contributed by atoms with Gasteiger partial charge in [0, 0.05) is 31.1 Å². The molecule has 2 unspecified atom stereocenters. The summed E-state index contributed by atoms with van der Waals surface area (Å²) < 4.78 is 5.06. The minimum Gasteiger partial charge on any atom is -0.461 e. The smallest absolute Gasteiger partial charge is 0.302 e. The third-order valence-electron chi connectivity index (χ3n) is 4.74. The Bertz CT molecular complexity index is 929. The van der Waals surface area contributed by atoms with Crippen molar-refractivity contribution in [3.05, 3.63) is 22.3 Å². The van der Waals surface area contributed by atoms with Crippen molar-refractivity contribution in [1.29, 1.82) is 0 Å². The third-order valence-corrected chi connectivity index (χ3v) is 7.05. The first-order chi connectivity index (χ1) is 14.9. The summed E-state index contributed by atoms with van der Waals surface area (Å²) in [6.45, 7) is 6.15. The number of aromatic nitrogens is 1. The zero-order valence-corrected chi connectivity index (χ0v) is 19.4. The highest BCUT2D eigenvalue weighted by molar-refractivity contribution is 8.00. The molecule has 3 heterocycles. The van der Waals surface area contributed by atoms with Crippen LogP contribution in [0.25, 0.3) is 0 Å². The van der Waals surface area contributed by atoms with Crippen LogP contribution in [-0.4, -0.2) is 70.8 Å². The number of fused-ring (bicyclic) bond motifs is 1. The molecule has 0 aliphatic carbocycles. The summed E-state index contributed by atoms with van der Waals surface area (Å²) in [7, 11) is 1.36. The largest absolute Gasteiger partial charge is 0.461 e. The van der Waals surface area contributed by atoms with Gasteiger partial charge in [-0.1, -0.05) is 23.4 Å². The average molecular weight is 468 g/mol. The number of nitrogens with one attached hydrogen (secondary N) is 2. The highest BCUT2D eigenvalue weighted by Crippen LogP contribution is 2.40. The highest BCUT2D eigenvalue weighted by atomic mass is 32.2. The summed E-state index contributed by atoms with van der Waals surface area (Å²) in [6.07, 6.45) is 2.50. The van der Waals surface area contributed by atoms with Gasteiger partial charge in [0.25, 0.3) is 11.8 Å². The predicted octanol–water partition coefficient (Wildman–Crippen LogP) is 1.55. The van der Waals surface area contributed by atoms with Crippen LogP contribution in [0.15, 0.2) is 22.6 Å². The molecule has 0 saturated carbocycles. The number of carbonyl (C=O) groups excluding carboxylic acids is 3. The summed E-state index contributed by atoms with van der Waals surface area (Å²) in [4.78, 5) is 48.0. The molecule has 1 aromatic rings. The van der Waals surface area contributed by atoms with Gasteiger partial charge >= 0.3 is 5.97 Å². The van der Waals surface area contributed by atoms with Gasteiger partial charge in [-0.3, -0.25) is 19.3 Å². The number of oxime groups is 1. The van der Waals surface area contributed by atoms with E-state index in [4.69, 9.17) is 9.57 Å². The predicted molar refractivity (Wildman–Crippen MR) is 119 cm³/mol. The summed E-state index contributed by atoms with van der Waals surface area (Å²) in [5, 5.41) is 10.3. The Morgan fingerprint density at radius 3 is 2.87 bits per heavy atom. The number of anilines is 1. The van der Waals surface area contributed by atoms with Gasteiger partial charge in [-0.25, -0.2) is 4.98 Å². The second-order valence-electron chi connectivity index (χ2n) is 6.91. The van der Waals surface area contributed by atoms with E-state index in [1.807, 2.05) is 13.8 Å². The van der Waals surface area contributed by atoms with E-state index in [0.29, 0.717) is 15.8 Å². The Balaban J connectivity index is 1.68. The lowest BCUT2D eigenvalue weighted by molar-refractivity contribution is -0.145. The molecule has 1 aromatic heterocycles. The van der Waals surface area contributed by atoms with Gasteiger partial charge in [-0.2, -0.15) is 0 Å². The van der Waals surface area contributed by atoms with Crippen molar-refractivity contribution < 1.29 is 24.0 Å². The molecule has 12 heteroatoms. The number of β-lactam (4-membered cyclic amide) rings is 1. The molecule has 31 heavy (non-hydrogen) atoms. The maximum Gasteiger partial charge on any atom is 0.302 e. The molecule has 1 saturated heterocycles. The third kappa shape index (κ3) is 5.01. The van der Waals surface area contributed by atoms with Crippen molar-refractivity contribution in [3.8, 4) is 0 Å². The number of ether oxygens (including phenoxy) is 1. The number of carbonyl (C=O) groups is 3. The first-order valence-electron chi connectivity index (χ1n) is 9.76. The molecular weight excluding hydrogens is 442 g/mol. The molecule has 3 rings (SSSR count). The van der Waals surface area contributed by atoms with Gasteiger partial charge in [0.05, 0.1) is 4.88 Å². The summed E-state index contributed by atoms with van der Waals surface area (Å²) in [6, 6.07) is -0.671. The van der Waals surface area contributed by atoms with E-state index in [-0.39, 0.29) is 29.6 Å². The molecule has 10 nitrogen and oxygen atoms in total. The Labute approximate surface area is 188 Å². The van der Waals surface area contributed by atoms with Crippen molar-refractivity contribution in [2.75, 3.05) is 31.3 Å². The van der Waals surface area contributed by atoms with E-state index in [9.17, 15) is 14.4 Å². The van der Waals surface area contributed by atoms with Crippen molar-refractivity contribution in [2.24, 2.45) is 5.16 Å². The summed E-state index contributed by atoms with van der Waals surface area (Å²) in [5.74, 6) is -0.470. The fraction of sp³-hybridized carbons (Fsp3) is 0.526. The lowest BCUT2D eigenvalue weighted by Gasteiger charge is -2.50. The fourth-order valence-electron chi connectivity index (χ4n) is 3.12. The van der Waals surface area contributed by atoms with E-state index < -0.39 is 11.9 Å². The number of thiazole rings is 1. The van der Waals surface area contributed by atoms with Gasteiger partial charge in [0.15, 0.2) is 10.8 Å². The van der Waals surface area contributed by atoms with E-state index >= 15 is 0 Å². The average Bonchev–Trinajstić information content (AvgIpc) is 3.21. The molecule has 2 atom stereocenters.